The van der Waals surface area contributed by atoms with E-state index in [0.717, 1.165) is 64.3 Å². The molecule has 0 radical (unpaired) electrons. The zero-order valence-corrected chi connectivity index (χ0v) is 21.3. The number of nitriles is 1. The first-order valence-electron chi connectivity index (χ1n) is 12.6. The minimum absolute atomic E-state index is 0.0750. The summed E-state index contributed by atoms with van der Waals surface area (Å²) in [6.07, 6.45) is 9.72. The molecule has 0 heterocycles. The van der Waals surface area contributed by atoms with E-state index in [1.165, 1.54) is 0 Å². The molecule has 1 amide bonds. The van der Waals surface area contributed by atoms with Crippen molar-refractivity contribution in [2.24, 2.45) is 45.7 Å². The van der Waals surface area contributed by atoms with E-state index >= 15 is 0 Å². The minimum atomic E-state index is -0.140. The summed E-state index contributed by atoms with van der Waals surface area (Å²) in [5.74, 6) is 2.14. The molecule has 4 nitrogen and oxygen atoms in total. The number of rotatable bonds is 11. The average Bonchev–Trinajstić information content (AvgIpc) is 3.55. The summed E-state index contributed by atoms with van der Waals surface area (Å²) in [4.78, 5) is 14.7. The Morgan fingerprint density at radius 2 is 1.87 bits per heavy atom. The number of hydrogen-bond donors (Lipinski definition) is 1. The SMILES string of the molecule is CC(CCN(C)C(=O)C1CC1CC(C)(C)C)CC1(C#N)CC1CC(C)(C)CC1(N)CC1. The van der Waals surface area contributed by atoms with Crippen LogP contribution in [-0.2, 0) is 4.79 Å². The van der Waals surface area contributed by atoms with Crippen molar-refractivity contribution in [3.05, 3.63) is 0 Å². The fourth-order valence-corrected chi connectivity index (χ4v) is 6.20. The van der Waals surface area contributed by atoms with Crippen molar-refractivity contribution in [2.75, 3.05) is 13.6 Å². The van der Waals surface area contributed by atoms with Gasteiger partial charge in [-0.3, -0.25) is 4.79 Å². The van der Waals surface area contributed by atoms with Gasteiger partial charge in [0.25, 0.3) is 0 Å². The van der Waals surface area contributed by atoms with E-state index in [0.29, 0.717) is 29.1 Å². The van der Waals surface area contributed by atoms with Gasteiger partial charge in [0.2, 0.25) is 5.91 Å². The molecular weight excluding hydrogens is 382 g/mol. The van der Waals surface area contributed by atoms with Gasteiger partial charge < -0.3 is 10.6 Å². The summed E-state index contributed by atoms with van der Waals surface area (Å²) >= 11 is 0. The Morgan fingerprint density at radius 1 is 1.23 bits per heavy atom. The molecular formula is C27H47N3O. The Balaban J connectivity index is 1.40. The third-order valence-corrected chi connectivity index (χ3v) is 8.14. The minimum Gasteiger partial charge on any atom is -0.346 e. The van der Waals surface area contributed by atoms with Crippen molar-refractivity contribution in [2.45, 2.75) is 105 Å². The molecule has 5 atom stereocenters. The zero-order valence-electron chi connectivity index (χ0n) is 21.3. The molecule has 3 rings (SSSR count). The molecule has 4 heteroatoms. The number of nitrogens with two attached hydrogens (primary N) is 1. The number of carbonyl (C=O) groups is 1. The molecule has 0 bridgehead atoms. The molecule has 176 valence electrons. The van der Waals surface area contributed by atoms with Crippen molar-refractivity contribution < 1.29 is 4.79 Å². The van der Waals surface area contributed by atoms with E-state index in [4.69, 9.17) is 5.73 Å². The first-order chi connectivity index (χ1) is 14.2. The zero-order chi connectivity index (χ0) is 23.2. The summed E-state index contributed by atoms with van der Waals surface area (Å²) in [5, 5.41) is 9.95. The highest BCUT2D eigenvalue weighted by molar-refractivity contribution is 5.81. The van der Waals surface area contributed by atoms with Crippen LogP contribution in [0, 0.1) is 51.2 Å². The van der Waals surface area contributed by atoms with Gasteiger partial charge in [-0.15, -0.1) is 0 Å². The van der Waals surface area contributed by atoms with Gasteiger partial charge in [0, 0.05) is 25.0 Å². The van der Waals surface area contributed by atoms with Gasteiger partial charge in [-0.05, 0) is 86.4 Å². The predicted octanol–water partition coefficient (Wildman–Crippen LogP) is 5.76. The third kappa shape index (κ3) is 6.70. The molecule has 3 fully saturated rings. The monoisotopic (exact) mass is 429 g/mol. The standard InChI is InChI=1S/C27H47N3O/c1-19(8-11-30(7)23(31)22-12-20(22)14-24(2,3)4)13-26(18-28)16-21(26)15-25(5,6)17-27(29)9-10-27/h19-22H,8-17,29H2,1-7H3. The first kappa shape index (κ1) is 24.6. The Hall–Kier alpha value is -1.08. The summed E-state index contributed by atoms with van der Waals surface area (Å²) in [7, 11) is 1.96. The number of carbonyl (C=O) groups excluding carboxylic acids is 1. The van der Waals surface area contributed by atoms with E-state index < -0.39 is 0 Å². The highest BCUT2D eigenvalue weighted by Crippen LogP contribution is 2.61. The van der Waals surface area contributed by atoms with E-state index in [1.807, 2.05) is 11.9 Å². The van der Waals surface area contributed by atoms with Crippen LogP contribution in [-0.4, -0.2) is 29.9 Å². The average molecular weight is 430 g/mol. The molecule has 0 saturated heterocycles. The van der Waals surface area contributed by atoms with Crippen molar-refractivity contribution >= 4 is 5.91 Å². The van der Waals surface area contributed by atoms with Gasteiger partial charge >= 0.3 is 0 Å². The lowest BCUT2D eigenvalue weighted by atomic mass is 9.78. The highest BCUT2D eigenvalue weighted by Gasteiger charge is 2.57. The number of nitrogens with zero attached hydrogens (tertiary/aromatic N) is 2. The lowest BCUT2D eigenvalue weighted by Crippen LogP contribution is -2.31. The van der Waals surface area contributed by atoms with Crippen LogP contribution < -0.4 is 5.73 Å². The molecule has 0 aromatic heterocycles. The summed E-state index contributed by atoms with van der Waals surface area (Å²) in [6, 6.07) is 2.69. The Labute approximate surface area is 191 Å². The van der Waals surface area contributed by atoms with Gasteiger partial charge in [0.05, 0.1) is 11.5 Å². The van der Waals surface area contributed by atoms with Crippen LogP contribution >= 0.6 is 0 Å². The van der Waals surface area contributed by atoms with E-state index in [2.05, 4.69) is 47.6 Å². The molecule has 2 N–H and O–H groups in total. The molecule has 3 aliphatic rings. The fraction of sp³-hybridized carbons (Fsp3) is 0.926. The van der Waals surface area contributed by atoms with Gasteiger partial charge in [-0.2, -0.15) is 5.26 Å². The maximum Gasteiger partial charge on any atom is 0.225 e. The second kappa shape index (κ2) is 8.36. The number of amides is 1. The summed E-state index contributed by atoms with van der Waals surface area (Å²) in [5.41, 5.74) is 6.83. The smallest absolute Gasteiger partial charge is 0.225 e. The van der Waals surface area contributed by atoms with Crippen molar-refractivity contribution in [3.63, 3.8) is 0 Å². The maximum atomic E-state index is 12.8. The van der Waals surface area contributed by atoms with Gasteiger partial charge in [0.1, 0.15) is 0 Å². The lowest BCUT2D eigenvalue weighted by molar-refractivity contribution is -0.131. The van der Waals surface area contributed by atoms with Crippen LogP contribution in [0.3, 0.4) is 0 Å². The maximum absolute atomic E-state index is 12.8. The highest BCUT2D eigenvalue weighted by atomic mass is 16.2. The van der Waals surface area contributed by atoms with Crippen LogP contribution in [0.2, 0.25) is 0 Å². The van der Waals surface area contributed by atoms with E-state index in [-0.39, 0.29) is 22.3 Å². The summed E-state index contributed by atoms with van der Waals surface area (Å²) in [6.45, 7) is 14.5. The fourth-order valence-electron chi connectivity index (χ4n) is 6.20. The molecule has 0 aliphatic heterocycles. The molecule has 0 aromatic carbocycles. The Bertz CT molecular complexity index is 711. The van der Waals surface area contributed by atoms with Crippen molar-refractivity contribution in [1.82, 2.24) is 4.90 Å². The second-order valence-corrected chi connectivity index (χ2v) is 13.8. The van der Waals surface area contributed by atoms with Crippen molar-refractivity contribution in [3.8, 4) is 6.07 Å². The first-order valence-corrected chi connectivity index (χ1v) is 12.6. The van der Waals surface area contributed by atoms with Gasteiger partial charge in [0.15, 0.2) is 0 Å². The Kier molecular flexibility index (Phi) is 6.63. The van der Waals surface area contributed by atoms with Crippen LogP contribution in [0.15, 0.2) is 0 Å². The predicted molar refractivity (Wildman–Crippen MR) is 127 cm³/mol. The third-order valence-electron chi connectivity index (χ3n) is 8.14. The van der Waals surface area contributed by atoms with E-state index in [1.54, 1.807) is 0 Å². The summed E-state index contributed by atoms with van der Waals surface area (Å²) < 4.78 is 0. The molecule has 3 saturated carbocycles. The largest absolute Gasteiger partial charge is 0.346 e. The normalized spacial score (nSPS) is 32.2. The molecule has 0 spiro atoms. The molecule has 5 unspecified atom stereocenters. The van der Waals surface area contributed by atoms with Crippen LogP contribution in [0.5, 0.6) is 0 Å². The van der Waals surface area contributed by atoms with Crippen LogP contribution in [0.4, 0.5) is 0 Å². The quantitative estimate of drug-likeness (QED) is 0.454. The van der Waals surface area contributed by atoms with Gasteiger partial charge in [-0.25, -0.2) is 0 Å². The van der Waals surface area contributed by atoms with Crippen LogP contribution in [0.25, 0.3) is 0 Å². The topological polar surface area (TPSA) is 70.1 Å². The van der Waals surface area contributed by atoms with E-state index in [9.17, 15) is 10.1 Å². The molecule has 3 aliphatic carbocycles. The second-order valence-electron chi connectivity index (χ2n) is 13.8. The number of hydrogen-bond acceptors (Lipinski definition) is 3. The van der Waals surface area contributed by atoms with Crippen LogP contribution in [0.1, 0.15) is 99.3 Å². The lowest BCUT2D eigenvalue weighted by Gasteiger charge is -2.29. The molecule has 0 aromatic rings. The Morgan fingerprint density at radius 3 is 2.42 bits per heavy atom. The molecule has 31 heavy (non-hydrogen) atoms. The van der Waals surface area contributed by atoms with Gasteiger partial charge in [-0.1, -0.05) is 41.5 Å². The van der Waals surface area contributed by atoms with Crippen molar-refractivity contribution in [1.29, 1.82) is 5.26 Å².